The van der Waals surface area contributed by atoms with Crippen LogP contribution in [0.25, 0.3) is 0 Å². The largest absolute Gasteiger partial charge is 0.381 e. The molecular formula is C11H13ClN2O2. The standard InChI is InChI=1S/C11H13ClN2O2/c12-9-4-1-5-10(13-9)14-11(15)8-3-2-6-16-7-8/h1,4-5,8H,2-3,6-7H2,(H,13,14,15). The van der Waals surface area contributed by atoms with Gasteiger partial charge in [-0.05, 0) is 25.0 Å². The fourth-order valence-electron chi connectivity index (χ4n) is 1.65. The monoisotopic (exact) mass is 240 g/mol. The van der Waals surface area contributed by atoms with Crippen LogP contribution in [0.5, 0.6) is 0 Å². The Balaban J connectivity index is 1.96. The minimum Gasteiger partial charge on any atom is -0.381 e. The second kappa shape index (κ2) is 5.27. The first-order chi connectivity index (χ1) is 7.75. The van der Waals surface area contributed by atoms with Crippen LogP contribution in [-0.4, -0.2) is 24.1 Å². The van der Waals surface area contributed by atoms with E-state index in [1.807, 2.05) is 0 Å². The van der Waals surface area contributed by atoms with Crippen molar-refractivity contribution < 1.29 is 9.53 Å². The molecular weight excluding hydrogens is 228 g/mol. The summed E-state index contributed by atoms with van der Waals surface area (Å²) in [6, 6.07) is 5.14. The summed E-state index contributed by atoms with van der Waals surface area (Å²) < 4.78 is 5.26. The molecule has 1 aromatic rings. The molecule has 16 heavy (non-hydrogen) atoms. The van der Waals surface area contributed by atoms with Gasteiger partial charge in [-0.25, -0.2) is 4.98 Å². The van der Waals surface area contributed by atoms with Crippen molar-refractivity contribution in [2.24, 2.45) is 5.92 Å². The zero-order chi connectivity index (χ0) is 11.4. The summed E-state index contributed by atoms with van der Waals surface area (Å²) in [7, 11) is 0. The predicted octanol–water partition coefficient (Wildman–Crippen LogP) is 2.10. The number of nitrogens with zero attached hydrogens (tertiary/aromatic N) is 1. The summed E-state index contributed by atoms with van der Waals surface area (Å²) in [5, 5.41) is 3.11. The van der Waals surface area contributed by atoms with Crippen LogP contribution in [0.3, 0.4) is 0 Å². The van der Waals surface area contributed by atoms with Gasteiger partial charge in [-0.2, -0.15) is 0 Å². The quantitative estimate of drug-likeness (QED) is 0.806. The Morgan fingerprint density at radius 2 is 2.44 bits per heavy atom. The van der Waals surface area contributed by atoms with Gasteiger partial charge in [0.05, 0.1) is 12.5 Å². The lowest BCUT2D eigenvalue weighted by Gasteiger charge is -2.20. The van der Waals surface area contributed by atoms with Crippen molar-refractivity contribution in [2.45, 2.75) is 12.8 Å². The maximum atomic E-state index is 11.8. The molecule has 86 valence electrons. The number of carbonyl (C=O) groups excluding carboxylic acids is 1. The number of ether oxygens (including phenoxy) is 1. The predicted molar refractivity (Wildman–Crippen MR) is 61.4 cm³/mol. The molecule has 0 radical (unpaired) electrons. The smallest absolute Gasteiger partial charge is 0.230 e. The number of hydrogen-bond donors (Lipinski definition) is 1. The first-order valence-electron chi connectivity index (χ1n) is 5.27. The van der Waals surface area contributed by atoms with Gasteiger partial charge in [0.1, 0.15) is 11.0 Å². The van der Waals surface area contributed by atoms with E-state index in [-0.39, 0.29) is 11.8 Å². The minimum absolute atomic E-state index is 0.0468. The van der Waals surface area contributed by atoms with E-state index in [2.05, 4.69) is 10.3 Å². The molecule has 0 spiro atoms. The number of anilines is 1. The summed E-state index contributed by atoms with van der Waals surface area (Å²) in [4.78, 5) is 15.8. The molecule has 1 fully saturated rings. The van der Waals surface area contributed by atoms with Gasteiger partial charge in [0, 0.05) is 6.61 Å². The van der Waals surface area contributed by atoms with Gasteiger partial charge in [0.25, 0.3) is 0 Å². The number of hydrogen-bond acceptors (Lipinski definition) is 3. The number of rotatable bonds is 2. The number of nitrogens with one attached hydrogen (secondary N) is 1. The number of pyridine rings is 1. The summed E-state index contributed by atoms with van der Waals surface area (Å²) >= 11 is 5.73. The Morgan fingerprint density at radius 3 is 3.12 bits per heavy atom. The summed E-state index contributed by atoms with van der Waals surface area (Å²) in [6.45, 7) is 1.24. The Labute approximate surface area is 99.0 Å². The number of aromatic nitrogens is 1. The summed E-state index contributed by atoms with van der Waals surface area (Å²) in [5.41, 5.74) is 0. The molecule has 5 heteroatoms. The van der Waals surface area contributed by atoms with Gasteiger partial charge in [-0.3, -0.25) is 4.79 Å². The van der Waals surface area contributed by atoms with Crippen LogP contribution in [0.15, 0.2) is 18.2 Å². The van der Waals surface area contributed by atoms with Crippen molar-refractivity contribution in [3.63, 3.8) is 0 Å². The van der Waals surface area contributed by atoms with Gasteiger partial charge >= 0.3 is 0 Å². The Bertz CT molecular complexity index is 378. The van der Waals surface area contributed by atoms with Crippen LogP contribution in [0.2, 0.25) is 5.15 Å². The molecule has 0 bridgehead atoms. The highest BCUT2D eigenvalue weighted by Gasteiger charge is 2.21. The molecule has 2 heterocycles. The molecule has 4 nitrogen and oxygen atoms in total. The summed E-state index contributed by atoms with van der Waals surface area (Å²) in [6.07, 6.45) is 1.80. The van der Waals surface area contributed by atoms with Crippen molar-refractivity contribution >= 4 is 23.3 Å². The molecule has 1 aromatic heterocycles. The van der Waals surface area contributed by atoms with Gasteiger partial charge in [-0.15, -0.1) is 0 Å². The van der Waals surface area contributed by atoms with Crippen molar-refractivity contribution in [2.75, 3.05) is 18.5 Å². The zero-order valence-corrected chi connectivity index (χ0v) is 9.54. The molecule has 2 rings (SSSR count). The molecule has 0 aliphatic carbocycles. The van der Waals surface area contributed by atoms with E-state index in [9.17, 15) is 4.79 Å². The third-order valence-corrected chi connectivity index (χ3v) is 2.71. The van der Waals surface area contributed by atoms with Crippen LogP contribution >= 0.6 is 11.6 Å². The van der Waals surface area contributed by atoms with E-state index in [1.54, 1.807) is 18.2 Å². The highest BCUT2D eigenvalue weighted by Crippen LogP contribution is 2.16. The topological polar surface area (TPSA) is 51.2 Å². The molecule has 0 aromatic carbocycles. The highest BCUT2D eigenvalue weighted by molar-refractivity contribution is 6.29. The van der Waals surface area contributed by atoms with Gasteiger partial charge in [0.15, 0.2) is 0 Å². The maximum Gasteiger partial charge on any atom is 0.230 e. The molecule has 0 saturated carbocycles. The average molecular weight is 241 g/mol. The Kier molecular flexibility index (Phi) is 3.74. The number of amides is 1. The fraction of sp³-hybridized carbons (Fsp3) is 0.455. The molecule has 1 unspecified atom stereocenters. The highest BCUT2D eigenvalue weighted by atomic mass is 35.5. The lowest BCUT2D eigenvalue weighted by atomic mass is 10.0. The Hall–Kier alpha value is -1.13. The molecule has 1 amide bonds. The number of halogens is 1. The summed E-state index contributed by atoms with van der Waals surface area (Å²) in [5.74, 6) is 0.368. The lowest BCUT2D eigenvalue weighted by molar-refractivity contribution is -0.123. The number of carbonyl (C=O) groups is 1. The molecule has 1 aliphatic rings. The van der Waals surface area contributed by atoms with E-state index >= 15 is 0 Å². The fourth-order valence-corrected chi connectivity index (χ4v) is 1.82. The molecule has 1 aliphatic heterocycles. The van der Waals surface area contributed by atoms with E-state index < -0.39 is 0 Å². The van der Waals surface area contributed by atoms with E-state index in [0.717, 1.165) is 19.4 Å². The minimum atomic E-state index is -0.0745. The normalized spacial score (nSPS) is 20.4. The van der Waals surface area contributed by atoms with Crippen LogP contribution in [0, 0.1) is 5.92 Å². The third kappa shape index (κ3) is 2.93. The van der Waals surface area contributed by atoms with E-state index in [1.165, 1.54) is 0 Å². The first-order valence-corrected chi connectivity index (χ1v) is 5.64. The van der Waals surface area contributed by atoms with Crippen molar-refractivity contribution in [3.05, 3.63) is 23.4 Å². The molecule has 1 saturated heterocycles. The van der Waals surface area contributed by atoms with Crippen molar-refractivity contribution in [1.82, 2.24) is 4.98 Å². The van der Waals surface area contributed by atoms with Crippen molar-refractivity contribution in [1.29, 1.82) is 0 Å². The van der Waals surface area contributed by atoms with Crippen LogP contribution in [0.1, 0.15) is 12.8 Å². The first kappa shape index (κ1) is 11.4. The van der Waals surface area contributed by atoms with Gasteiger partial charge in [0.2, 0.25) is 5.91 Å². The Morgan fingerprint density at radius 1 is 1.56 bits per heavy atom. The van der Waals surface area contributed by atoms with E-state index in [0.29, 0.717) is 17.6 Å². The van der Waals surface area contributed by atoms with Crippen LogP contribution < -0.4 is 5.32 Å². The third-order valence-electron chi connectivity index (χ3n) is 2.50. The van der Waals surface area contributed by atoms with Gasteiger partial charge in [-0.1, -0.05) is 17.7 Å². The zero-order valence-electron chi connectivity index (χ0n) is 8.78. The maximum absolute atomic E-state index is 11.8. The second-order valence-electron chi connectivity index (χ2n) is 3.75. The van der Waals surface area contributed by atoms with Crippen LogP contribution in [0.4, 0.5) is 5.82 Å². The molecule has 1 N–H and O–H groups in total. The van der Waals surface area contributed by atoms with Crippen LogP contribution in [-0.2, 0) is 9.53 Å². The van der Waals surface area contributed by atoms with E-state index in [4.69, 9.17) is 16.3 Å². The lowest BCUT2D eigenvalue weighted by Crippen LogP contribution is -2.30. The SMILES string of the molecule is O=C(Nc1cccc(Cl)n1)C1CCCOC1. The average Bonchev–Trinajstić information content (AvgIpc) is 2.30. The molecule has 1 atom stereocenters. The second-order valence-corrected chi connectivity index (χ2v) is 4.14. The van der Waals surface area contributed by atoms with Crippen molar-refractivity contribution in [3.8, 4) is 0 Å². The van der Waals surface area contributed by atoms with Gasteiger partial charge < -0.3 is 10.1 Å².